The first-order valence-corrected chi connectivity index (χ1v) is 9.36. The van der Waals surface area contributed by atoms with Crippen molar-refractivity contribution in [2.24, 2.45) is 0 Å². The molecular formula is C21H22N2O5. The van der Waals surface area contributed by atoms with E-state index >= 15 is 0 Å². The van der Waals surface area contributed by atoms with Gasteiger partial charge >= 0.3 is 5.97 Å². The molecule has 1 amide bonds. The molecule has 7 heteroatoms. The van der Waals surface area contributed by atoms with Gasteiger partial charge in [-0.05, 0) is 43.3 Å². The minimum atomic E-state index is -0.917. The molecule has 28 heavy (non-hydrogen) atoms. The number of ether oxygens (including phenoxy) is 2. The fourth-order valence-corrected chi connectivity index (χ4v) is 3.50. The maximum atomic E-state index is 11.8. The molecule has 1 unspecified atom stereocenters. The summed E-state index contributed by atoms with van der Waals surface area (Å²) in [4.78, 5) is 25.0. The molecule has 2 aliphatic heterocycles. The van der Waals surface area contributed by atoms with Crippen LogP contribution in [-0.4, -0.2) is 42.3 Å². The second kappa shape index (κ2) is 7.42. The largest absolute Gasteiger partial charge is 0.490 e. The number of nitrogens with zero attached hydrogens (tertiary/aromatic N) is 1. The van der Waals surface area contributed by atoms with E-state index in [0.717, 1.165) is 31.6 Å². The smallest absolute Gasteiger partial charge is 0.335 e. The maximum Gasteiger partial charge on any atom is 0.335 e. The minimum Gasteiger partial charge on any atom is -0.490 e. The van der Waals surface area contributed by atoms with Gasteiger partial charge in [-0.3, -0.25) is 4.79 Å². The lowest BCUT2D eigenvalue weighted by Gasteiger charge is -2.34. The number of amides is 1. The number of carboxylic acid groups (broad SMARTS) is 1. The molecule has 2 aromatic rings. The number of nitrogens with one attached hydrogen (secondary N) is 1. The van der Waals surface area contributed by atoms with Crippen molar-refractivity contribution in [1.82, 2.24) is 0 Å². The fraction of sp³-hybridized carbons (Fsp3) is 0.333. The lowest BCUT2D eigenvalue weighted by atomic mass is 10.1. The molecular weight excluding hydrogens is 360 g/mol. The first kappa shape index (κ1) is 18.2. The molecule has 0 saturated carbocycles. The average Bonchev–Trinajstić information content (AvgIpc) is 2.70. The highest BCUT2D eigenvalue weighted by molar-refractivity contribution is 5.97. The number of carboxylic acids is 1. The number of anilines is 2. The lowest BCUT2D eigenvalue weighted by molar-refractivity contribution is -0.122. The molecule has 1 atom stereocenters. The van der Waals surface area contributed by atoms with Crippen LogP contribution in [0.2, 0.25) is 0 Å². The van der Waals surface area contributed by atoms with Gasteiger partial charge in [0.2, 0.25) is 0 Å². The maximum absolute atomic E-state index is 11.8. The molecule has 0 aromatic heterocycles. The lowest BCUT2D eigenvalue weighted by Crippen LogP contribution is -2.38. The molecule has 0 radical (unpaired) electrons. The molecule has 0 bridgehead atoms. The van der Waals surface area contributed by atoms with E-state index in [4.69, 9.17) is 14.6 Å². The average molecular weight is 382 g/mol. The van der Waals surface area contributed by atoms with Crippen molar-refractivity contribution in [3.63, 3.8) is 0 Å². The van der Waals surface area contributed by atoms with Crippen molar-refractivity contribution in [2.45, 2.75) is 32.0 Å². The Labute approximate surface area is 162 Å². The third kappa shape index (κ3) is 3.74. The first-order chi connectivity index (χ1) is 13.5. The number of rotatable bonds is 4. The van der Waals surface area contributed by atoms with Gasteiger partial charge in [-0.1, -0.05) is 0 Å². The van der Waals surface area contributed by atoms with Crippen LogP contribution in [0.25, 0.3) is 0 Å². The number of hydrogen-bond donors (Lipinski definition) is 2. The minimum absolute atomic E-state index is 0.0896. The zero-order valence-electron chi connectivity index (χ0n) is 15.6. The molecule has 2 aliphatic rings. The number of hydrogen-bond acceptors (Lipinski definition) is 5. The third-order valence-corrected chi connectivity index (χ3v) is 5.11. The second-order valence-corrected chi connectivity index (χ2v) is 7.06. The van der Waals surface area contributed by atoms with E-state index in [1.54, 1.807) is 25.1 Å². The SMILES string of the molecule is CC1Oc2ccc(OC3CCN(c4ccc(C(=O)O)cc4)CC3)cc2NC1=O. The van der Waals surface area contributed by atoms with Gasteiger partial charge < -0.3 is 24.8 Å². The highest BCUT2D eigenvalue weighted by Crippen LogP contribution is 2.34. The highest BCUT2D eigenvalue weighted by atomic mass is 16.5. The van der Waals surface area contributed by atoms with E-state index in [9.17, 15) is 9.59 Å². The van der Waals surface area contributed by atoms with E-state index in [1.165, 1.54) is 0 Å². The van der Waals surface area contributed by atoms with E-state index in [2.05, 4.69) is 10.2 Å². The predicted molar refractivity (Wildman–Crippen MR) is 104 cm³/mol. The Bertz CT molecular complexity index is 888. The van der Waals surface area contributed by atoms with Crippen LogP contribution in [0.15, 0.2) is 42.5 Å². The van der Waals surface area contributed by atoms with Crippen molar-refractivity contribution in [1.29, 1.82) is 0 Å². The highest BCUT2D eigenvalue weighted by Gasteiger charge is 2.25. The van der Waals surface area contributed by atoms with Crippen LogP contribution >= 0.6 is 0 Å². The molecule has 2 aromatic carbocycles. The van der Waals surface area contributed by atoms with E-state index in [-0.39, 0.29) is 12.0 Å². The van der Waals surface area contributed by atoms with Crippen molar-refractivity contribution in [2.75, 3.05) is 23.3 Å². The quantitative estimate of drug-likeness (QED) is 0.845. The summed E-state index contributed by atoms with van der Waals surface area (Å²) < 4.78 is 11.7. The molecule has 0 aliphatic carbocycles. The van der Waals surface area contributed by atoms with Gasteiger partial charge in [0.25, 0.3) is 5.91 Å². The molecule has 2 N–H and O–H groups in total. The molecule has 1 fully saturated rings. The Morgan fingerprint density at radius 1 is 1.18 bits per heavy atom. The summed E-state index contributed by atoms with van der Waals surface area (Å²) in [5.41, 5.74) is 1.95. The van der Waals surface area contributed by atoms with Crippen molar-refractivity contribution >= 4 is 23.3 Å². The van der Waals surface area contributed by atoms with Crippen molar-refractivity contribution in [3.05, 3.63) is 48.0 Å². The molecule has 7 nitrogen and oxygen atoms in total. The summed E-state index contributed by atoms with van der Waals surface area (Å²) in [6.45, 7) is 3.38. The normalized spacial score (nSPS) is 19.4. The van der Waals surface area contributed by atoms with E-state index in [0.29, 0.717) is 22.7 Å². The van der Waals surface area contributed by atoms with E-state index in [1.807, 2.05) is 24.3 Å². The summed E-state index contributed by atoms with van der Waals surface area (Å²) >= 11 is 0. The van der Waals surface area contributed by atoms with E-state index < -0.39 is 12.1 Å². The zero-order chi connectivity index (χ0) is 19.7. The van der Waals surface area contributed by atoms with Gasteiger partial charge in [0.1, 0.15) is 17.6 Å². The Morgan fingerprint density at radius 2 is 1.89 bits per heavy atom. The van der Waals surface area contributed by atoms with Gasteiger partial charge in [-0.2, -0.15) is 0 Å². The topological polar surface area (TPSA) is 88.1 Å². The van der Waals surface area contributed by atoms with Crippen molar-refractivity contribution < 1.29 is 24.2 Å². The standard InChI is InChI=1S/C21H22N2O5/c1-13-20(24)22-18-12-17(6-7-19(18)27-13)28-16-8-10-23(11-9-16)15-4-2-14(3-5-15)21(25)26/h2-7,12-13,16H,8-11H2,1H3,(H,22,24)(H,25,26). The van der Waals surface area contributed by atoms with Crippen LogP contribution < -0.4 is 19.7 Å². The number of piperidine rings is 1. The van der Waals surface area contributed by atoms with Crippen LogP contribution in [0.3, 0.4) is 0 Å². The molecule has 146 valence electrons. The second-order valence-electron chi connectivity index (χ2n) is 7.06. The van der Waals surface area contributed by atoms with Crippen LogP contribution in [0.4, 0.5) is 11.4 Å². The molecule has 4 rings (SSSR count). The van der Waals surface area contributed by atoms with Crippen LogP contribution in [0.1, 0.15) is 30.1 Å². The Balaban J connectivity index is 1.35. The Morgan fingerprint density at radius 3 is 2.57 bits per heavy atom. The van der Waals surface area contributed by atoms with Gasteiger partial charge in [-0.15, -0.1) is 0 Å². The van der Waals surface area contributed by atoms with Gasteiger partial charge in [0.05, 0.1) is 11.3 Å². The monoisotopic (exact) mass is 382 g/mol. The first-order valence-electron chi connectivity index (χ1n) is 9.36. The molecule has 0 spiro atoms. The van der Waals surface area contributed by atoms with Crippen LogP contribution in [0.5, 0.6) is 11.5 Å². The molecule has 1 saturated heterocycles. The predicted octanol–water partition coefficient (Wildman–Crippen LogP) is 3.15. The van der Waals surface area contributed by atoms with Gasteiger partial charge in [-0.25, -0.2) is 4.79 Å². The van der Waals surface area contributed by atoms with Crippen LogP contribution in [-0.2, 0) is 4.79 Å². The van der Waals surface area contributed by atoms with Gasteiger partial charge in [0.15, 0.2) is 6.10 Å². The Kier molecular flexibility index (Phi) is 4.81. The number of carbonyl (C=O) groups is 2. The number of carbonyl (C=O) groups excluding carboxylic acids is 1. The third-order valence-electron chi connectivity index (χ3n) is 5.11. The van der Waals surface area contributed by atoms with Gasteiger partial charge in [0, 0.05) is 37.7 Å². The fourth-order valence-electron chi connectivity index (χ4n) is 3.50. The number of aromatic carboxylic acids is 1. The number of fused-ring (bicyclic) bond motifs is 1. The van der Waals surface area contributed by atoms with Crippen LogP contribution in [0, 0.1) is 0 Å². The summed E-state index contributed by atoms with van der Waals surface area (Å²) in [6, 6.07) is 12.4. The summed E-state index contributed by atoms with van der Waals surface area (Å²) in [5, 5.41) is 11.8. The molecule has 2 heterocycles. The van der Waals surface area contributed by atoms with Crippen molar-refractivity contribution in [3.8, 4) is 11.5 Å². The Hall–Kier alpha value is -3.22. The summed E-state index contributed by atoms with van der Waals surface area (Å²) in [7, 11) is 0. The number of benzene rings is 2. The summed E-state index contributed by atoms with van der Waals surface area (Å²) in [5.74, 6) is 0.284. The summed E-state index contributed by atoms with van der Waals surface area (Å²) in [6.07, 6.45) is 1.31. The zero-order valence-corrected chi connectivity index (χ0v) is 15.6.